The minimum absolute atomic E-state index is 0. The Morgan fingerprint density at radius 3 is 1.75 bits per heavy atom. The van der Waals surface area contributed by atoms with Crippen molar-refractivity contribution in [3.8, 4) is 62.8 Å². The largest absolute Gasteiger partial charge is 0.510 e. The first-order valence-corrected chi connectivity index (χ1v) is 27.4. The Kier molecular flexibility index (Phi) is 13.0. The Balaban J connectivity index is 0.00000660. The molecule has 2 aliphatic rings. The molecule has 0 radical (unpaired) electrons. The Labute approximate surface area is 482 Å². The number of ether oxygens (including phenoxy) is 3. The predicted molar refractivity (Wildman–Crippen MR) is 319 cm³/mol. The third kappa shape index (κ3) is 9.94. The van der Waals surface area contributed by atoms with E-state index < -0.39 is 0 Å². The van der Waals surface area contributed by atoms with E-state index in [2.05, 4.69) is 248 Å². The molecule has 0 saturated heterocycles. The number of benzene rings is 7. The topological polar surface area (TPSA) is 54.3 Å². The van der Waals surface area contributed by atoms with Gasteiger partial charge in [-0.2, -0.15) is 17.7 Å². The molecular weight excluding hydrogens is 1150 g/mol. The Morgan fingerprint density at radius 2 is 1.13 bits per heavy atom. The summed E-state index contributed by atoms with van der Waals surface area (Å²) in [6.45, 7) is 33.6. The number of fused-ring (bicyclic) bond motifs is 7. The predicted octanol–water partition coefficient (Wildman–Crippen LogP) is 15.3. The molecule has 10 aromatic rings. The molecule has 3 aromatic heterocycles. The van der Waals surface area contributed by atoms with Crippen molar-refractivity contribution in [1.82, 2.24) is 14.1 Å². The summed E-state index contributed by atoms with van der Waals surface area (Å²) in [5, 5.41) is 2.09. The quantitative estimate of drug-likeness (QED) is 0.0946. The van der Waals surface area contributed by atoms with Crippen molar-refractivity contribution in [3.63, 3.8) is 0 Å². The standard InChI is InChI=1S/C70H69BN4O3.Pt/c1-66(2,3)45-17-16-18-50(34-45)73-29-30-74(42-73)51-35-49(70(13,14)15)36-53(40-51)76-52-22-23-54-55-31-43(19-26-58(55)75(59(54)41-52)64-39-48(27-28-72-64)69(10,11)12)44-32-62-65-63(33-44)78-61-38-47(68(7,8)9)21-25-57(61)71(65)56-24-20-46(67(4,5)6)37-60(56)77-62;/h16-39H,1-15H3;/q-2;. The summed E-state index contributed by atoms with van der Waals surface area (Å²) < 4.78 is 27.1. The van der Waals surface area contributed by atoms with Crippen LogP contribution >= 0.6 is 0 Å². The first kappa shape index (κ1) is 53.8. The number of rotatable bonds is 6. The number of nitrogens with zero attached hydrogens (tertiary/aromatic N) is 4. The van der Waals surface area contributed by atoms with Crippen molar-refractivity contribution in [3.05, 3.63) is 192 Å². The summed E-state index contributed by atoms with van der Waals surface area (Å²) in [5.74, 6) is 5.37. The van der Waals surface area contributed by atoms with Crippen LogP contribution in [0.15, 0.2) is 146 Å². The van der Waals surface area contributed by atoms with Crippen LogP contribution in [0.4, 0.5) is 0 Å². The molecule has 7 aromatic carbocycles. The molecule has 0 atom stereocenters. The van der Waals surface area contributed by atoms with Crippen molar-refractivity contribution in [2.45, 2.75) is 131 Å². The van der Waals surface area contributed by atoms with Gasteiger partial charge in [-0.05, 0) is 137 Å². The second-order valence-electron chi connectivity index (χ2n) is 26.7. The zero-order chi connectivity index (χ0) is 55.0. The maximum Gasteiger partial charge on any atom is 0.267 e. The molecule has 7 nitrogen and oxygen atoms in total. The molecule has 5 heterocycles. The number of hydrogen-bond donors (Lipinski definition) is 0. The van der Waals surface area contributed by atoms with E-state index in [9.17, 15) is 0 Å². The van der Waals surface area contributed by atoms with Crippen LogP contribution in [0, 0.1) is 18.5 Å². The Bertz CT molecular complexity index is 3970. The van der Waals surface area contributed by atoms with E-state index in [4.69, 9.17) is 19.2 Å². The second-order valence-corrected chi connectivity index (χ2v) is 26.7. The molecule has 0 unspecified atom stereocenters. The first-order chi connectivity index (χ1) is 36.7. The van der Waals surface area contributed by atoms with Gasteiger partial charge in [0.1, 0.15) is 28.8 Å². The van der Waals surface area contributed by atoms with Crippen LogP contribution in [0.5, 0.6) is 34.5 Å². The molecule has 0 fully saturated rings. The molecule has 0 aliphatic carbocycles. The van der Waals surface area contributed by atoms with E-state index >= 15 is 0 Å². The zero-order valence-electron chi connectivity index (χ0n) is 48.3. The van der Waals surface area contributed by atoms with E-state index in [1.165, 1.54) is 22.3 Å². The minimum Gasteiger partial charge on any atom is -0.510 e. The first-order valence-electron chi connectivity index (χ1n) is 27.4. The zero-order valence-corrected chi connectivity index (χ0v) is 50.5. The maximum atomic E-state index is 7.01. The molecule has 79 heavy (non-hydrogen) atoms. The minimum atomic E-state index is -0.177. The van der Waals surface area contributed by atoms with Crippen LogP contribution in [0.2, 0.25) is 0 Å². The van der Waals surface area contributed by atoms with Gasteiger partial charge in [0.05, 0.1) is 5.69 Å². The van der Waals surface area contributed by atoms with Crippen molar-refractivity contribution < 1.29 is 39.8 Å². The molecule has 0 spiro atoms. The van der Waals surface area contributed by atoms with Gasteiger partial charge in [-0.1, -0.05) is 158 Å². The molecule has 0 bridgehead atoms. The monoisotopic (exact) mass is 1220 g/mol. The summed E-state index contributed by atoms with van der Waals surface area (Å²) in [6.07, 6.45) is 9.53. The van der Waals surface area contributed by atoms with Crippen molar-refractivity contribution in [2.24, 2.45) is 0 Å². The van der Waals surface area contributed by atoms with Crippen molar-refractivity contribution in [1.29, 1.82) is 0 Å². The number of pyridine rings is 1. The molecule has 402 valence electrons. The third-order valence-corrected chi connectivity index (χ3v) is 15.8. The van der Waals surface area contributed by atoms with Crippen LogP contribution in [0.3, 0.4) is 0 Å². The van der Waals surface area contributed by atoms with Crippen LogP contribution in [0.25, 0.3) is 50.1 Å². The normalized spacial score (nSPS) is 13.3. The molecule has 12 rings (SSSR count). The fraction of sp³-hybridized carbons (Fsp3) is 0.286. The van der Waals surface area contributed by atoms with E-state index in [0.717, 1.165) is 95.1 Å². The molecule has 0 saturated carbocycles. The van der Waals surface area contributed by atoms with Crippen LogP contribution < -0.4 is 35.2 Å². The third-order valence-electron chi connectivity index (χ3n) is 15.8. The van der Waals surface area contributed by atoms with Crippen LogP contribution in [0.1, 0.15) is 132 Å². The van der Waals surface area contributed by atoms with Gasteiger partial charge in [-0.3, -0.25) is 4.57 Å². The molecule has 9 heteroatoms. The Hall–Kier alpha value is -7.15. The van der Waals surface area contributed by atoms with Gasteiger partial charge in [0.25, 0.3) is 13.0 Å². The smallest absolute Gasteiger partial charge is 0.267 e. The van der Waals surface area contributed by atoms with E-state index in [-0.39, 0.29) is 54.9 Å². The summed E-state index contributed by atoms with van der Waals surface area (Å²) in [7, 11) is 0. The molecule has 0 N–H and O–H groups in total. The van der Waals surface area contributed by atoms with Gasteiger partial charge in [0.15, 0.2) is 0 Å². The Morgan fingerprint density at radius 1 is 0.519 bits per heavy atom. The number of imidazole rings is 1. The molecular formula is C70H69BN4O3Pt-2. The van der Waals surface area contributed by atoms with Gasteiger partial charge in [0, 0.05) is 62.1 Å². The summed E-state index contributed by atoms with van der Waals surface area (Å²) in [6, 6.07) is 53.4. The van der Waals surface area contributed by atoms with Gasteiger partial charge in [0.2, 0.25) is 0 Å². The average molecular weight is 1220 g/mol. The van der Waals surface area contributed by atoms with E-state index in [1.54, 1.807) is 0 Å². The summed E-state index contributed by atoms with van der Waals surface area (Å²) in [5.41, 5.74) is 14.8. The van der Waals surface area contributed by atoms with E-state index in [1.807, 2.05) is 33.8 Å². The van der Waals surface area contributed by atoms with Gasteiger partial charge >= 0.3 is 0 Å². The van der Waals surface area contributed by atoms with Crippen molar-refractivity contribution in [2.75, 3.05) is 0 Å². The van der Waals surface area contributed by atoms with E-state index in [0.29, 0.717) is 11.5 Å². The fourth-order valence-corrected chi connectivity index (χ4v) is 11.0. The summed E-state index contributed by atoms with van der Waals surface area (Å²) in [4.78, 5) is 5.03. The molecule has 2 aliphatic heterocycles. The second kappa shape index (κ2) is 19.0. The summed E-state index contributed by atoms with van der Waals surface area (Å²) >= 11 is 0. The number of aromatic nitrogens is 4. The van der Waals surface area contributed by atoms with Gasteiger partial charge < -0.3 is 23.3 Å². The van der Waals surface area contributed by atoms with Gasteiger partial charge in [-0.25, -0.2) is 4.98 Å². The fourth-order valence-electron chi connectivity index (χ4n) is 11.0. The maximum absolute atomic E-state index is 7.01. The number of hydrogen-bond acceptors (Lipinski definition) is 4. The van der Waals surface area contributed by atoms with Gasteiger partial charge in [-0.15, -0.1) is 29.7 Å². The average Bonchev–Trinajstić information content (AvgIpc) is 3.21. The van der Waals surface area contributed by atoms with Crippen LogP contribution in [-0.4, -0.2) is 20.8 Å². The van der Waals surface area contributed by atoms with Crippen molar-refractivity contribution >= 4 is 44.9 Å². The molecule has 0 amide bonds. The van der Waals surface area contributed by atoms with Crippen LogP contribution in [-0.2, 0) is 48.1 Å². The SMILES string of the molecule is CC(C)(C)c1cc(Oc2[c-]c3c(cc2)c2cc(-c4cc5c6c(c4)Oc4cc(C(C)(C)C)ccc4B6c4ccc(C(C)(C)C)cc4O5)ccc2n3-c2cc(C(C)(C)C)ccn2)[c-]c(-n2[c-][n+](-c3cccc(C(C)(C)C)c3)cc2)c1.[Pt].